The number of rotatable bonds is 6. The molecule has 22 heavy (non-hydrogen) atoms. The molecule has 0 radical (unpaired) electrons. The summed E-state index contributed by atoms with van der Waals surface area (Å²) in [5.74, 6) is -0.788. The zero-order valence-corrected chi connectivity index (χ0v) is 12.7. The van der Waals surface area contributed by atoms with Crippen LogP contribution in [0, 0.1) is 5.92 Å². The summed E-state index contributed by atoms with van der Waals surface area (Å²) < 4.78 is 0. The minimum atomic E-state index is -0.384. The molecule has 0 aliphatic carbocycles. The second-order valence-electron chi connectivity index (χ2n) is 4.89. The van der Waals surface area contributed by atoms with Gasteiger partial charge in [0.25, 0.3) is 0 Å². The Bertz CT molecular complexity index is 596. The van der Waals surface area contributed by atoms with Gasteiger partial charge in [-0.05, 0) is 24.1 Å². The summed E-state index contributed by atoms with van der Waals surface area (Å²) in [6.45, 7) is 7.55. The van der Waals surface area contributed by atoms with Crippen molar-refractivity contribution in [3.63, 3.8) is 0 Å². The van der Waals surface area contributed by atoms with Crippen molar-refractivity contribution in [3.05, 3.63) is 53.7 Å². The third-order valence-electron chi connectivity index (χ3n) is 3.29. The summed E-state index contributed by atoms with van der Waals surface area (Å²) in [4.78, 5) is 23.3. The second kappa shape index (κ2) is 7.00. The van der Waals surface area contributed by atoms with Gasteiger partial charge < -0.3 is 5.43 Å². The number of carbonyl (C=O) groups excluding carboxylic acids is 2. The maximum atomic E-state index is 11.8. The summed E-state index contributed by atoms with van der Waals surface area (Å²) in [5, 5.41) is 0.629. The average molecular weight is 321 g/mol. The van der Waals surface area contributed by atoms with E-state index >= 15 is 0 Å². The van der Waals surface area contributed by atoms with Crippen LogP contribution in [-0.2, 0) is 9.59 Å². The maximum absolute atomic E-state index is 11.8. The number of carbonyl (C=O) groups is 2. The number of hydrogen-bond donors (Lipinski definition) is 4. The van der Waals surface area contributed by atoms with Crippen LogP contribution in [0.25, 0.3) is 5.70 Å². The molecule has 1 atom stereocenters. The zero-order valence-electron chi connectivity index (χ0n) is 11.9. The van der Waals surface area contributed by atoms with Crippen LogP contribution in [0.5, 0.6) is 0 Å². The van der Waals surface area contributed by atoms with Gasteiger partial charge in [0.1, 0.15) is 0 Å². The number of halogens is 1. The Morgan fingerprint density at radius 3 is 2.50 bits per heavy atom. The fourth-order valence-corrected chi connectivity index (χ4v) is 2.11. The van der Waals surface area contributed by atoms with Gasteiger partial charge in [0.2, 0.25) is 11.8 Å². The van der Waals surface area contributed by atoms with Gasteiger partial charge in [-0.1, -0.05) is 36.9 Å². The van der Waals surface area contributed by atoms with Crippen LogP contribution in [0.15, 0.2) is 43.1 Å². The molecule has 1 aromatic carbocycles. The molecule has 1 fully saturated rings. The molecule has 6 nitrogen and oxygen atoms in total. The normalized spacial score (nSPS) is 16.7. The first kappa shape index (κ1) is 15.9. The number of hydrazine groups is 2. The molecule has 0 bridgehead atoms. The maximum Gasteiger partial charge on any atom is 0.247 e. The second-order valence-corrected chi connectivity index (χ2v) is 5.33. The van der Waals surface area contributed by atoms with Crippen LogP contribution in [0.3, 0.4) is 0 Å². The number of amides is 2. The van der Waals surface area contributed by atoms with Gasteiger partial charge >= 0.3 is 0 Å². The van der Waals surface area contributed by atoms with Gasteiger partial charge in [-0.25, -0.2) is 0 Å². The summed E-state index contributed by atoms with van der Waals surface area (Å²) in [6.07, 6.45) is 0.582. The lowest BCUT2D eigenvalue weighted by Crippen LogP contribution is -2.36. The topological polar surface area (TPSA) is 82.3 Å². The first-order chi connectivity index (χ1) is 10.5. The van der Waals surface area contributed by atoms with E-state index in [2.05, 4.69) is 34.9 Å². The van der Waals surface area contributed by atoms with Gasteiger partial charge in [0, 0.05) is 17.1 Å². The van der Waals surface area contributed by atoms with Crippen LogP contribution in [0.1, 0.15) is 18.4 Å². The molecule has 1 aliphatic rings. The van der Waals surface area contributed by atoms with E-state index < -0.39 is 0 Å². The molecule has 1 unspecified atom stereocenters. The predicted octanol–water partition coefficient (Wildman–Crippen LogP) is 1.48. The van der Waals surface area contributed by atoms with Crippen molar-refractivity contribution in [2.45, 2.75) is 12.8 Å². The van der Waals surface area contributed by atoms with Gasteiger partial charge in [0.05, 0.1) is 11.6 Å². The van der Waals surface area contributed by atoms with Crippen LogP contribution in [0.2, 0.25) is 5.02 Å². The van der Waals surface area contributed by atoms with E-state index in [9.17, 15) is 9.59 Å². The summed E-state index contributed by atoms with van der Waals surface area (Å²) in [7, 11) is 0. The summed E-state index contributed by atoms with van der Waals surface area (Å²) in [6, 6.07) is 7.07. The highest BCUT2D eigenvalue weighted by Crippen LogP contribution is 2.17. The van der Waals surface area contributed by atoms with E-state index in [0.29, 0.717) is 22.8 Å². The minimum absolute atomic E-state index is 0.170. The Labute approximate surface area is 133 Å². The van der Waals surface area contributed by atoms with Crippen molar-refractivity contribution in [3.8, 4) is 0 Å². The highest BCUT2D eigenvalue weighted by molar-refractivity contribution is 6.30. The SMILES string of the molecule is C=C(NNC(=O)CCC1C(=C)NNC1=O)c1ccc(Cl)cc1. The van der Waals surface area contributed by atoms with Crippen molar-refractivity contribution in [2.24, 2.45) is 5.92 Å². The van der Waals surface area contributed by atoms with Crippen molar-refractivity contribution in [2.75, 3.05) is 0 Å². The lowest BCUT2D eigenvalue weighted by Gasteiger charge is -2.12. The number of benzene rings is 1. The van der Waals surface area contributed by atoms with Crippen molar-refractivity contribution in [1.29, 1.82) is 0 Å². The molecule has 2 rings (SSSR count). The molecule has 7 heteroatoms. The molecule has 0 spiro atoms. The fourth-order valence-electron chi connectivity index (χ4n) is 1.99. The quantitative estimate of drug-likeness (QED) is 0.598. The minimum Gasteiger partial charge on any atom is -0.303 e. The molecular weight excluding hydrogens is 304 g/mol. The first-order valence-electron chi connectivity index (χ1n) is 6.71. The Morgan fingerprint density at radius 2 is 1.91 bits per heavy atom. The third-order valence-corrected chi connectivity index (χ3v) is 3.54. The van der Waals surface area contributed by atoms with E-state index in [4.69, 9.17) is 11.6 Å². The molecule has 116 valence electrons. The lowest BCUT2D eigenvalue weighted by molar-refractivity contribution is -0.123. The predicted molar refractivity (Wildman–Crippen MR) is 84.9 cm³/mol. The number of hydrogen-bond acceptors (Lipinski definition) is 4. The highest BCUT2D eigenvalue weighted by Gasteiger charge is 2.28. The Kier molecular flexibility index (Phi) is 5.06. The van der Waals surface area contributed by atoms with Crippen molar-refractivity contribution in [1.82, 2.24) is 21.7 Å². The van der Waals surface area contributed by atoms with Gasteiger partial charge in [0.15, 0.2) is 0 Å². The van der Waals surface area contributed by atoms with E-state index in [1.807, 2.05) is 0 Å². The van der Waals surface area contributed by atoms with E-state index in [0.717, 1.165) is 5.56 Å². The summed E-state index contributed by atoms with van der Waals surface area (Å²) in [5.41, 5.74) is 12.3. The van der Waals surface area contributed by atoms with E-state index in [1.54, 1.807) is 24.3 Å². The molecule has 1 aliphatic heterocycles. The van der Waals surface area contributed by atoms with Crippen LogP contribution in [-0.4, -0.2) is 11.8 Å². The molecule has 0 saturated carbocycles. The van der Waals surface area contributed by atoms with Gasteiger partial charge in [-0.15, -0.1) is 0 Å². The van der Waals surface area contributed by atoms with Crippen LogP contribution >= 0.6 is 11.6 Å². The van der Waals surface area contributed by atoms with E-state index in [1.165, 1.54) is 0 Å². The average Bonchev–Trinajstić information content (AvgIpc) is 2.82. The van der Waals surface area contributed by atoms with Crippen molar-refractivity contribution < 1.29 is 9.59 Å². The van der Waals surface area contributed by atoms with Crippen LogP contribution in [0.4, 0.5) is 0 Å². The standard InChI is InChI=1S/C15H17ClN4O2/c1-9(11-3-5-12(16)6-4-11)17-19-14(21)8-7-13-10(2)18-20-15(13)22/h3-6,13,17-18H,1-2,7-8H2,(H,19,21)(H,20,22). The first-order valence-corrected chi connectivity index (χ1v) is 7.09. The molecule has 0 aromatic heterocycles. The Morgan fingerprint density at radius 1 is 1.23 bits per heavy atom. The molecule has 1 saturated heterocycles. The highest BCUT2D eigenvalue weighted by atomic mass is 35.5. The number of nitrogens with one attached hydrogen (secondary N) is 4. The Hall–Kier alpha value is -2.47. The Balaban J connectivity index is 1.75. The summed E-state index contributed by atoms with van der Waals surface area (Å²) >= 11 is 5.81. The van der Waals surface area contributed by atoms with Gasteiger partial charge in [-0.3, -0.25) is 25.9 Å². The largest absolute Gasteiger partial charge is 0.303 e. The molecule has 4 N–H and O–H groups in total. The fraction of sp³-hybridized carbons (Fsp3) is 0.200. The molecule has 1 heterocycles. The molecule has 2 amide bonds. The zero-order chi connectivity index (χ0) is 16.1. The lowest BCUT2D eigenvalue weighted by atomic mass is 10.0. The van der Waals surface area contributed by atoms with Gasteiger partial charge in [-0.2, -0.15) is 0 Å². The van der Waals surface area contributed by atoms with E-state index in [-0.39, 0.29) is 24.2 Å². The third kappa shape index (κ3) is 4.02. The molecular formula is C15H17ClN4O2. The smallest absolute Gasteiger partial charge is 0.247 e. The van der Waals surface area contributed by atoms with Crippen molar-refractivity contribution >= 4 is 29.1 Å². The molecule has 1 aromatic rings. The van der Waals surface area contributed by atoms with Crippen LogP contribution < -0.4 is 21.7 Å². The monoisotopic (exact) mass is 320 g/mol.